The van der Waals surface area contributed by atoms with Crippen molar-refractivity contribution in [1.82, 2.24) is 15.3 Å². The molecule has 0 saturated heterocycles. The van der Waals surface area contributed by atoms with Crippen molar-refractivity contribution in [2.45, 2.75) is 89.7 Å². The average Bonchev–Trinajstić information content (AvgIpc) is 2.92. The highest BCUT2D eigenvalue weighted by molar-refractivity contribution is 6.11. The summed E-state index contributed by atoms with van der Waals surface area (Å²) in [6.45, 7) is 6.89. The van der Waals surface area contributed by atoms with Gasteiger partial charge in [-0.05, 0) is 69.6 Å². The molecule has 0 bridgehead atoms. The molecule has 2 fully saturated rings. The van der Waals surface area contributed by atoms with Crippen molar-refractivity contribution < 1.29 is 9.53 Å². The van der Waals surface area contributed by atoms with Crippen LogP contribution < -0.4 is 10.1 Å². The highest BCUT2D eigenvalue weighted by atomic mass is 16.5. The number of carbonyl (C=O) groups excluding carboxylic acids is 1. The van der Waals surface area contributed by atoms with E-state index in [2.05, 4.69) is 50.4 Å². The van der Waals surface area contributed by atoms with Crippen molar-refractivity contribution >= 4 is 38.7 Å². The molecule has 1 aromatic heterocycles. The summed E-state index contributed by atoms with van der Waals surface area (Å²) < 4.78 is 6.86. The Bertz CT molecular complexity index is 1570. The van der Waals surface area contributed by atoms with E-state index < -0.39 is 0 Å². The van der Waals surface area contributed by atoms with Crippen molar-refractivity contribution in [3.8, 4) is 5.75 Å². The molecule has 5 nitrogen and oxygen atoms in total. The summed E-state index contributed by atoms with van der Waals surface area (Å²) in [5, 5.41) is 5.42. The molecule has 0 spiro atoms. The van der Waals surface area contributed by atoms with Crippen LogP contribution in [0.3, 0.4) is 0 Å². The lowest BCUT2D eigenvalue weighted by Crippen LogP contribution is -2.46. The van der Waals surface area contributed by atoms with Gasteiger partial charge in [-0.2, -0.15) is 0 Å². The molecule has 1 amide bonds. The zero-order valence-electron chi connectivity index (χ0n) is 22.7. The first-order valence-electron chi connectivity index (χ1n) is 14.5. The Balaban J connectivity index is 1.40. The van der Waals surface area contributed by atoms with E-state index in [4.69, 9.17) is 14.7 Å². The van der Waals surface area contributed by atoms with Gasteiger partial charge in [0.1, 0.15) is 11.4 Å². The Hall–Kier alpha value is -3.21. The van der Waals surface area contributed by atoms with E-state index in [0.717, 1.165) is 57.9 Å². The average molecular weight is 508 g/mol. The molecule has 0 radical (unpaired) electrons. The van der Waals surface area contributed by atoms with Gasteiger partial charge in [-0.1, -0.05) is 56.9 Å². The second-order valence-corrected chi connectivity index (χ2v) is 12.6. The SMILES string of the molecule is C[C@H]1CC[C@H]2[C@H](C1)c1c(c3ccccc3c3nc4cc(C(=O)NC5CCCCC5)ccc4nc13)OC2(C)C. The Labute approximate surface area is 224 Å². The third-order valence-electron chi connectivity index (χ3n) is 9.53. The zero-order valence-corrected chi connectivity index (χ0v) is 22.7. The van der Waals surface area contributed by atoms with Gasteiger partial charge in [0.15, 0.2) is 0 Å². The summed E-state index contributed by atoms with van der Waals surface area (Å²) >= 11 is 0. The van der Waals surface area contributed by atoms with Crippen LogP contribution in [0.2, 0.25) is 0 Å². The number of rotatable bonds is 2. The molecule has 3 aliphatic rings. The van der Waals surface area contributed by atoms with Gasteiger partial charge in [0.25, 0.3) is 5.91 Å². The maximum absolute atomic E-state index is 13.1. The van der Waals surface area contributed by atoms with Crippen molar-refractivity contribution in [3.05, 3.63) is 53.6 Å². The molecule has 3 aromatic carbocycles. The van der Waals surface area contributed by atoms with Crippen molar-refractivity contribution in [1.29, 1.82) is 0 Å². The Morgan fingerprint density at radius 1 is 0.921 bits per heavy atom. The van der Waals surface area contributed by atoms with E-state index in [1.165, 1.54) is 37.7 Å². The highest BCUT2D eigenvalue weighted by Gasteiger charge is 2.47. The van der Waals surface area contributed by atoms with E-state index in [0.29, 0.717) is 23.3 Å². The number of nitrogens with one attached hydrogen (secondary N) is 1. The number of amides is 1. The molecular formula is C33H37N3O2. The number of fused-ring (bicyclic) bond motifs is 9. The monoisotopic (exact) mass is 507 g/mol. The van der Waals surface area contributed by atoms with Crippen LogP contribution in [-0.2, 0) is 0 Å². The van der Waals surface area contributed by atoms with Gasteiger partial charge in [0.05, 0.1) is 22.1 Å². The van der Waals surface area contributed by atoms with Gasteiger partial charge in [-0.25, -0.2) is 9.97 Å². The van der Waals surface area contributed by atoms with Crippen LogP contribution in [-0.4, -0.2) is 27.5 Å². The fourth-order valence-corrected chi connectivity index (χ4v) is 7.55. The molecule has 38 heavy (non-hydrogen) atoms. The number of aromatic nitrogens is 2. The van der Waals surface area contributed by atoms with Crippen LogP contribution in [0, 0.1) is 11.8 Å². The molecule has 2 saturated carbocycles. The number of carbonyl (C=O) groups is 1. The normalized spacial score (nSPS) is 25.1. The van der Waals surface area contributed by atoms with Crippen LogP contribution in [0.15, 0.2) is 42.5 Å². The maximum Gasteiger partial charge on any atom is 0.251 e. The van der Waals surface area contributed by atoms with E-state index in [1.807, 2.05) is 18.2 Å². The highest BCUT2D eigenvalue weighted by Crippen LogP contribution is 2.56. The van der Waals surface area contributed by atoms with Gasteiger partial charge in [-0.15, -0.1) is 0 Å². The Morgan fingerprint density at radius 3 is 2.50 bits per heavy atom. The van der Waals surface area contributed by atoms with Gasteiger partial charge in [-0.3, -0.25) is 4.79 Å². The smallest absolute Gasteiger partial charge is 0.251 e. The lowest BCUT2D eigenvalue weighted by atomic mass is 9.64. The summed E-state index contributed by atoms with van der Waals surface area (Å²) in [7, 11) is 0. The van der Waals surface area contributed by atoms with Gasteiger partial charge >= 0.3 is 0 Å². The van der Waals surface area contributed by atoms with Gasteiger partial charge < -0.3 is 10.1 Å². The standard InChI is InChI=1S/C33H37N3O2/c1-19-13-15-25-24(17-19)28-30-29(22-11-7-8-12-23(22)31(28)38-33(25,2)3)36-27-18-20(14-16-26(27)35-30)32(37)34-21-9-5-4-6-10-21/h7-8,11-12,14,16,18-19,21,24-25H,4-6,9-10,13,15,17H2,1-3H3,(H,34,37)/t19-,24-,25-/m0/s1. The van der Waals surface area contributed by atoms with Crippen molar-refractivity contribution in [3.63, 3.8) is 0 Å². The molecule has 2 heterocycles. The predicted octanol–water partition coefficient (Wildman–Crippen LogP) is 7.69. The lowest BCUT2D eigenvalue weighted by molar-refractivity contribution is -0.0115. The predicted molar refractivity (Wildman–Crippen MR) is 153 cm³/mol. The topological polar surface area (TPSA) is 64.1 Å². The lowest BCUT2D eigenvalue weighted by Gasteiger charge is -2.49. The molecule has 7 rings (SSSR count). The summed E-state index contributed by atoms with van der Waals surface area (Å²) in [6, 6.07) is 14.5. The van der Waals surface area contributed by atoms with Crippen LogP contribution >= 0.6 is 0 Å². The Kier molecular flexibility index (Phi) is 5.61. The minimum Gasteiger partial charge on any atom is -0.487 e. The second kappa shape index (κ2) is 8.93. The molecular weight excluding hydrogens is 470 g/mol. The number of nitrogens with zero attached hydrogens (tertiary/aromatic N) is 2. The molecule has 4 aromatic rings. The molecule has 1 aliphatic heterocycles. The summed E-state index contributed by atoms with van der Waals surface area (Å²) in [4.78, 5) is 23.5. The van der Waals surface area contributed by atoms with Gasteiger partial charge in [0, 0.05) is 33.9 Å². The largest absolute Gasteiger partial charge is 0.487 e. The number of benzene rings is 3. The quantitative estimate of drug-likeness (QED) is 0.223. The number of ether oxygens (including phenoxy) is 1. The number of hydrogen-bond donors (Lipinski definition) is 1. The first kappa shape index (κ1) is 23.9. The van der Waals surface area contributed by atoms with Crippen molar-refractivity contribution in [2.24, 2.45) is 11.8 Å². The summed E-state index contributed by atoms with van der Waals surface area (Å²) in [6.07, 6.45) is 9.37. The molecule has 2 aliphatic carbocycles. The summed E-state index contributed by atoms with van der Waals surface area (Å²) in [5.74, 6) is 2.52. The van der Waals surface area contributed by atoms with E-state index in [-0.39, 0.29) is 17.6 Å². The third-order valence-corrected chi connectivity index (χ3v) is 9.53. The maximum atomic E-state index is 13.1. The number of hydrogen-bond acceptors (Lipinski definition) is 4. The van der Waals surface area contributed by atoms with E-state index >= 15 is 0 Å². The van der Waals surface area contributed by atoms with E-state index in [1.54, 1.807) is 0 Å². The third kappa shape index (κ3) is 3.85. The molecule has 3 atom stereocenters. The fourth-order valence-electron chi connectivity index (χ4n) is 7.55. The Morgan fingerprint density at radius 2 is 1.68 bits per heavy atom. The zero-order chi connectivity index (χ0) is 26.0. The minimum atomic E-state index is -0.223. The second-order valence-electron chi connectivity index (χ2n) is 12.6. The molecule has 1 N–H and O–H groups in total. The van der Waals surface area contributed by atoms with Crippen molar-refractivity contribution in [2.75, 3.05) is 0 Å². The van der Waals surface area contributed by atoms with Crippen LogP contribution in [0.25, 0.3) is 32.8 Å². The molecule has 0 unspecified atom stereocenters. The van der Waals surface area contributed by atoms with Gasteiger partial charge in [0.2, 0.25) is 0 Å². The first-order valence-corrected chi connectivity index (χ1v) is 14.5. The first-order chi connectivity index (χ1) is 18.4. The molecule has 196 valence electrons. The molecule has 5 heteroatoms. The van der Waals surface area contributed by atoms with Crippen LogP contribution in [0.5, 0.6) is 5.75 Å². The van der Waals surface area contributed by atoms with Crippen LogP contribution in [0.1, 0.15) is 94.0 Å². The summed E-state index contributed by atoms with van der Waals surface area (Å²) in [5.41, 5.74) is 5.15. The fraction of sp³-hybridized carbons (Fsp3) is 0.485. The van der Waals surface area contributed by atoms with E-state index in [9.17, 15) is 4.79 Å². The van der Waals surface area contributed by atoms with Crippen LogP contribution in [0.4, 0.5) is 0 Å². The minimum absolute atomic E-state index is 0.00865.